The molecule has 0 amide bonds. The third kappa shape index (κ3) is 35.1. The largest absolute Gasteiger partial charge is 3.00 e. The van der Waals surface area contributed by atoms with Gasteiger partial charge in [0.1, 0.15) is 22.8 Å². The smallest absolute Gasteiger partial charge is 0.778 e. The van der Waals surface area contributed by atoms with Gasteiger partial charge < -0.3 is 41.9 Å². The van der Waals surface area contributed by atoms with Gasteiger partial charge in [-0.25, -0.2) is 0 Å². The van der Waals surface area contributed by atoms with Crippen molar-refractivity contribution in [1.82, 2.24) is 0 Å². The summed E-state index contributed by atoms with van der Waals surface area (Å²) >= 11 is 0. The van der Waals surface area contributed by atoms with Crippen LogP contribution in [0.25, 0.3) is 0 Å². The first kappa shape index (κ1) is 42.1. The first-order chi connectivity index (χ1) is 15.4. The molecule has 0 heterocycles. The van der Waals surface area contributed by atoms with Gasteiger partial charge in [0.15, 0.2) is 0 Å². The maximum absolute atomic E-state index is 10.9. The van der Waals surface area contributed by atoms with Crippen LogP contribution in [0.2, 0.25) is 0 Å². The molecule has 0 aromatic rings. The molecule has 0 bridgehead atoms. The van der Waals surface area contributed by atoms with E-state index in [-0.39, 0.29) is 35.8 Å². The summed E-state index contributed by atoms with van der Waals surface area (Å²) in [4.78, 5) is 32.7. The zero-order valence-electron chi connectivity index (χ0n) is 22.2. The first-order valence-electron chi connectivity index (χ1n) is 12.2. The van der Waals surface area contributed by atoms with E-state index in [0.29, 0.717) is 39.1 Å². The molecule has 0 spiro atoms. The van der Waals surface area contributed by atoms with E-state index in [0.717, 1.165) is 38.5 Å². The summed E-state index contributed by atoms with van der Waals surface area (Å²) < 4.78 is 46.9. The maximum atomic E-state index is 10.9. The van der Waals surface area contributed by atoms with Crippen molar-refractivity contribution in [3.8, 4) is 0 Å². The van der Waals surface area contributed by atoms with Gasteiger partial charge in [-0.1, -0.05) is 60.8 Å². The number of hydrogen-bond donors (Lipinski definition) is 0. The van der Waals surface area contributed by atoms with E-state index in [9.17, 15) is 28.4 Å². The minimum Gasteiger partial charge on any atom is -0.778 e. The van der Waals surface area contributed by atoms with Crippen LogP contribution in [0, 0.1) is 0 Å². The molecule has 0 aliphatic carbocycles. The standard InChI is InChI=1S/3C7H17O3P.Al/c3*1-3-5-6-10-11(8,9)7-4-2;/h3*3-7H2,1-2H3,(H,8,9);/q;;;+3/p-3. The third-order valence-electron chi connectivity index (χ3n) is 3.85. The molecule has 0 radical (unpaired) electrons. The van der Waals surface area contributed by atoms with E-state index in [4.69, 9.17) is 13.6 Å². The molecule has 0 aliphatic heterocycles. The van der Waals surface area contributed by atoms with Crippen molar-refractivity contribution in [3.05, 3.63) is 0 Å². The van der Waals surface area contributed by atoms with Crippen LogP contribution in [-0.4, -0.2) is 55.7 Å². The summed E-state index contributed by atoms with van der Waals surface area (Å²) in [6, 6.07) is 0. The van der Waals surface area contributed by atoms with Crippen molar-refractivity contribution >= 4 is 40.1 Å². The Bertz CT molecular complexity index is 490. The van der Waals surface area contributed by atoms with Crippen molar-refractivity contribution < 1.29 is 41.9 Å². The molecule has 0 fully saturated rings. The summed E-state index contributed by atoms with van der Waals surface area (Å²) in [5.41, 5.74) is 0. The Hall–Kier alpha value is 0.982. The van der Waals surface area contributed by atoms with Crippen molar-refractivity contribution in [1.29, 1.82) is 0 Å². The topological polar surface area (TPSA) is 148 Å². The van der Waals surface area contributed by atoms with Crippen molar-refractivity contribution in [2.45, 2.75) is 99.3 Å². The van der Waals surface area contributed by atoms with Crippen LogP contribution in [-0.2, 0) is 27.3 Å². The van der Waals surface area contributed by atoms with E-state index in [1.165, 1.54) is 0 Å². The van der Waals surface area contributed by atoms with Crippen LogP contribution in [0.15, 0.2) is 0 Å². The van der Waals surface area contributed by atoms with Crippen LogP contribution in [0.1, 0.15) is 99.3 Å². The molecule has 0 rings (SSSR count). The Morgan fingerprint density at radius 3 is 0.824 bits per heavy atom. The zero-order chi connectivity index (χ0) is 26.2. The molecule has 204 valence electrons. The molecule has 0 aromatic carbocycles. The molecule has 0 aromatic heterocycles. The van der Waals surface area contributed by atoms with E-state index in [1.807, 2.05) is 41.5 Å². The second-order valence-corrected chi connectivity index (χ2v) is 13.3. The second kappa shape index (κ2) is 27.0. The van der Waals surface area contributed by atoms with E-state index < -0.39 is 22.8 Å². The Kier molecular flexibility index (Phi) is 33.5. The Balaban J connectivity index is -0.000000196. The van der Waals surface area contributed by atoms with Gasteiger partial charge in [-0.05, 0) is 38.5 Å². The van der Waals surface area contributed by atoms with Gasteiger partial charge in [-0.3, -0.25) is 0 Å². The first-order valence-corrected chi connectivity index (χ1v) is 17.4. The molecule has 3 atom stereocenters. The minimum absolute atomic E-state index is 0. The summed E-state index contributed by atoms with van der Waals surface area (Å²) in [5, 5.41) is 0. The fourth-order valence-electron chi connectivity index (χ4n) is 2.06. The fraction of sp³-hybridized carbons (Fsp3) is 1.00. The monoisotopic (exact) mass is 564 g/mol. The minimum atomic E-state index is -3.47. The van der Waals surface area contributed by atoms with Crippen LogP contribution in [0.3, 0.4) is 0 Å². The SMILES string of the molecule is CCCCOP(=O)([O-])CCC.CCCCOP(=O)([O-])CCC.CCCCOP(=O)([O-])CCC.[Al+3]. The number of unbranched alkanes of at least 4 members (excludes halogenated alkanes) is 3. The van der Waals surface area contributed by atoms with E-state index >= 15 is 0 Å². The predicted molar refractivity (Wildman–Crippen MR) is 137 cm³/mol. The van der Waals surface area contributed by atoms with Gasteiger partial charge in [-0.2, -0.15) is 0 Å². The average molecular weight is 565 g/mol. The molecule has 0 saturated heterocycles. The van der Waals surface area contributed by atoms with Crippen molar-refractivity contribution in [3.63, 3.8) is 0 Å². The average Bonchev–Trinajstić information content (AvgIpc) is 2.69. The molecule has 9 nitrogen and oxygen atoms in total. The van der Waals surface area contributed by atoms with Crippen LogP contribution in [0.4, 0.5) is 0 Å². The Morgan fingerprint density at radius 1 is 0.471 bits per heavy atom. The molecule has 0 aliphatic rings. The predicted octanol–water partition coefficient (Wildman–Crippen LogP) is 4.92. The molecule has 3 unspecified atom stereocenters. The molecule has 34 heavy (non-hydrogen) atoms. The Labute approximate surface area is 219 Å². The van der Waals surface area contributed by atoms with E-state index in [1.54, 1.807) is 0 Å². The maximum Gasteiger partial charge on any atom is 3.00 e. The van der Waals surface area contributed by atoms with Gasteiger partial charge in [0.25, 0.3) is 0 Å². The van der Waals surface area contributed by atoms with Crippen LogP contribution >= 0.6 is 22.8 Å². The quantitative estimate of drug-likeness (QED) is 0.128. The molecular weight excluding hydrogens is 516 g/mol. The van der Waals surface area contributed by atoms with Crippen molar-refractivity contribution in [2.75, 3.05) is 38.3 Å². The van der Waals surface area contributed by atoms with Gasteiger partial charge in [0, 0.05) is 18.5 Å². The normalized spacial score (nSPS) is 15.8. The van der Waals surface area contributed by atoms with Gasteiger partial charge >= 0.3 is 17.4 Å². The van der Waals surface area contributed by atoms with Crippen molar-refractivity contribution in [2.24, 2.45) is 0 Å². The van der Waals surface area contributed by atoms with Crippen LogP contribution < -0.4 is 14.7 Å². The van der Waals surface area contributed by atoms with Crippen LogP contribution in [0.5, 0.6) is 0 Å². The summed E-state index contributed by atoms with van der Waals surface area (Å²) in [5.74, 6) is 0. The third-order valence-corrected chi connectivity index (χ3v) is 8.56. The summed E-state index contributed by atoms with van der Waals surface area (Å²) in [6.07, 6.45) is 7.73. The molecule has 0 saturated carbocycles. The summed E-state index contributed by atoms with van der Waals surface area (Å²) in [7, 11) is -10.4. The van der Waals surface area contributed by atoms with Gasteiger partial charge in [-0.15, -0.1) is 0 Å². The van der Waals surface area contributed by atoms with Gasteiger partial charge in [0.05, 0.1) is 19.8 Å². The zero-order valence-corrected chi connectivity index (χ0v) is 26.0. The molecule has 13 heteroatoms. The second-order valence-electron chi connectivity index (χ2n) is 7.56. The Morgan fingerprint density at radius 2 is 0.676 bits per heavy atom. The van der Waals surface area contributed by atoms with Gasteiger partial charge in [0.2, 0.25) is 0 Å². The number of rotatable bonds is 18. The molecule has 0 N–H and O–H groups in total. The van der Waals surface area contributed by atoms with E-state index in [2.05, 4.69) is 0 Å². The molecular formula is C21H48AlO9P3. The number of hydrogen-bond acceptors (Lipinski definition) is 9. The fourth-order valence-corrected chi connectivity index (χ4v) is 5.31. The summed E-state index contributed by atoms with van der Waals surface area (Å²) in [6.45, 7) is 12.5.